The zero-order valence-corrected chi connectivity index (χ0v) is 20.8. The van der Waals surface area contributed by atoms with Crippen LogP contribution in [0.15, 0.2) is 48.5 Å². The lowest BCUT2D eigenvalue weighted by atomic mass is 9.85. The third-order valence-corrected chi connectivity index (χ3v) is 7.64. The van der Waals surface area contributed by atoms with Crippen LogP contribution in [-0.4, -0.2) is 44.5 Å². The highest BCUT2D eigenvalue weighted by atomic mass is 16.5. The topological polar surface area (TPSA) is 76.5 Å². The van der Waals surface area contributed by atoms with Gasteiger partial charge in [-0.05, 0) is 62.4 Å². The number of para-hydroxylation sites is 2. The van der Waals surface area contributed by atoms with Crippen molar-refractivity contribution in [3.05, 3.63) is 59.9 Å². The molecule has 35 heavy (non-hydrogen) atoms. The van der Waals surface area contributed by atoms with Crippen molar-refractivity contribution in [2.75, 3.05) is 6.61 Å². The van der Waals surface area contributed by atoms with E-state index in [9.17, 15) is 9.59 Å². The normalized spacial score (nSPS) is 24.3. The SMILES string of the molecule is CCOc1ccc(CN2C(=O)c3nc4ccccc4n3CC2(C)C(=O)NC2CCCCC2C)cc1. The van der Waals surface area contributed by atoms with Gasteiger partial charge in [0.2, 0.25) is 5.91 Å². The smallest absolute Gasteiger partial charge is 0.291 e. The van der Waals surface area contributed by atoms with E-state index in [0.717, 1.165) is 41.6 Å². The molecule has 2 heterocycles. The van der Waals surface area contributed by atoms with Crippen LogP contribution in [0.2, 0.25) is 0 Å². The molecule has 7 nitrogen and oxygen atoms in total. The zero-order chi connectivity index (χ0) is 24.6. The second-order valence-corrected chi connectivity index (χ2v) is 10.1. The predicted octanol–water partition coefficient (Wildman–Crippen LogP) is 4.54. The van der Waals surface area contributed by atoms with Gasteiger partial charge in [-0.1, -0.05) is 44.0 Å². The number of amides is 2. The molecular weight excluding hydrogens is 440 g/mol. The molecule has 3 atom stereocenters. The van der Waals surface area contributed by atoms with Gasteiger partial charge in [0.05, 0.1) is 24.2 Å². The van der Waals surface area contributed by atoms with Gasteiger partial charge >= 0.3 is 0 Å². The molecule has 3 unspecified atom stereocenters. The number of rotatable bonds is 6. The molecular formula is C28H34N4O3. The van der Waals surface area contributed by atoms with Crippen LogP contribution in [0.5, 0.6) is 5.75 Å². The molecule has 2 amide bonds. The highest BCUT2D eigenvalue weighted by molar-refractivity contribution is 6.01. The van der Waals surface area contributed by atoms with Crippen molar-refractivity contribution in [3.63, 3.8) is 0 Å². The molecule has 1 fully saturated rings. The van der Waals surface area contributed by atoms with Gasteiger partial charge < -0.3 is 19.5 Å². The molecule has 0 bridgehead atoms. The van der Waals surface area contributed by atoms with Gasteiger partial charge in [-0.25, -0.2) is 4.98 Å². The Balaban J connectivity index is 1.51. The number of hydrogen-bond donors (Lipinski definition) is 1. The van der Waals surface area contributed by atoms with Crippen LogP contribution >= 0.6 is 0 Å². The largest absolute Gasteiger partial charge is 0.494 e. The lowest BCUT2D eigenvalue weighted by Gasteiger charge is -2.44. The molecule has 7 heteroatoms. The van der Waals surface area contributed by atoms with Crippen LogP contribution in [0.25, 0.3) is 11.0 Å². The summed E-state index contributed by atoms with van der Waals surface area (Å²) in [6.45, 7) is 7.32. The minimum atomic E-state index is -1.05. The third kappa shape index (κ3) is 4.28. The van der Waals surface area contributed by atoms with Crippen molar-refractivity contribution in [1.29, 1.82) is 0 Å². The van der Waals surface area contributed by atoms with Crippen molar-refractivity contribution >= 4 is 22.8 Å². The lowest BCUT2D eigenvalue weighted by molar-refractivity contribution is -0.134. The Kier molecular flexibility index (Phi) is 6.26. The number of imidazole rings is 1. The minimum Gasteiger partial charge on any atom is -0.494 e. The van der Waals surface area contributed by atoms with Crippen molar-refractivity contribution in [2.24, 2.45) is 5.92 Å². The fraction of sp³-hybridized carbons (Fsp3) is 0.464. The van der Waals surface area contributed by atoms with Crippen LogP contribution in [0.4, 0.5) is 0 Å². The fourth-order valence-electron chi connectivity index (χ4n) is 5.47. The van der Waals surface area contributed by atoms with Gasteiger partial charge in [0.25, 0.3) is 5.91 Å². The Morgan fingerprint density at radius 2 is 1.89 bits per heavy atom. The molecule has 3 aromatic rings. The first-order valence-corrected chi connectivity index (χ1v) is 12.7. The second kappa shape index (κ2) is 9.36. The number of nitrogens with one attached hydrogen (secondary N) is 1. The maximum absolute atomic E-state index is 13.9. The highest BCUT2D eigenvalue weighted by Crippen LogP contribution is 2.33. The molecule has 2 aromatic carbocycles. The van der Waals surface area contributed by atoms with Crippen molar-refractivity contribution < 1.29 is 14.3 Å². The molecule has 1 aliphatic heterocycles. The van der Waals surface area contributed by atoms with Crippen LogP contribution < -0.4 is 10.1 Å². The first-order valence-electron chi connectivity index (χ1n) is 12.7. The fourth-order valence-corrected chi connectivity index (χ4v) is 5.47. The number of ether oxygens (including phenoxy) is 1. The molecule has 5 rings (SSSR count). The van der Waals surface area contributed by atoms with Gasteiger partial charge in [-0.3, -0.25) is 9.59 Å². The van der Waals surface area contributed by atoms with Gasteiger partial charge in [-0.15, -0.1) is 0 Å². The molecule has 0 saturated heterocycles. The van der Waals surface area contributed by atoms with Crippen LogP contribution in [-0.2, 0) is 17.9 Å². The van der Waals surface area contributed by atoms with Gasteiger partial charge in [0.15, 0.2) is 5.82 Å². The number of carbonyl (C=O) groups excluding carboxylic acids is 2. The summed E-state index contributed by atoms with van der Waals surface area (Å²) >= 11 is 0. The van der Waals surface area contributed by atoms with Crippen molar-refractivity contribution in [2.45, 2.75) is 71.1 Å². The van der Waals surface area contributed by atoms with E-state index < -0.39 is 5.54 Å². The average Bonchev–Trinajstić information content (AvgIpc) is 3.23. The Hall–Kier alpha value is -3.35. The average molecular weight is 475 g/mol. The summed E-state index contributed by atoms with van der Waals surface area (Å²) in [7, 11) is 0. The summed E-state index contributed by atoms with van der Waals surface area (Å²) in [5.41, 5.74) is 1.53. The number of benzene rings is 2. The molecule has 0 spiro atoms. The second-order valence-electron chi connectivity index (χ2n) is 10.1. The van der Waals surface area contributed by atoms with E-state index in [4.69, 9.17) is 4.74 Å². The monoisotopic (exact) mass is 474 g/mol. The predicted molar refractivity (Wildman–Crippen MR) is 135 cm³/mol. The van der Waals surface area contributed by atoms with E-state index in [1.54, 1.807) is 4.90 Å². The van der Waals surface area contributed by atoms with Crippen LogP contribution in [0.3, 0.4) is 0 Å². The number of nitrogens with zero attached hydrogens (tertiary/aromatic N) is 3. The summed E-state index contributed by atoms with van der Waals surface area (Å²) in [5, 5.41) is 3.33. The maximum atomic E-state index is 13.9. The minimum absolute atomic E-state index is 0.0982. The lowest BCUT2D eigenvalue weighted by Crippen LogP contribution is -2.65. The summed E-state index contributed by atoms with van der Waals surface area (Å²) in [4.78, 5) is 34.1. The van der Waals surface area contributed by atoms with Crippen molar-refractivity contribution in [3.8, 4) is 5.75 Å². The standard InChI is InChI=1S/C28H34N4O3/c1-4-35-21-15-13-20(14-16-21)17-32-26(33)25-29-23-11-7-8-12-24(23)31(25)18-28(32,3)27(34)30-22-10-6-5-9-19(22)2/h7-8,11-16,19,22H,4-6,9-10,17-18H2,1-3H3,(H,30,34). The first-order chi connectivity index (χ1) is 16.9. The summed E-state index contributed by atoms with van der Waals surface area (Å²) < 4.78 is 7.48. The Labute approximate surface area is 206 Å². The zero-order valence-electron chi connectivity index (χ0n) is 20.8. The van der Waals surface area contributed by atoms with E-state index in [1.807, 2.05) is 66.9 Å². The van der Waals surface area contributed by atoms with Gasteiger partial charge in [0, 0.05) is 12.6 Å². The molecule has 2 aliphatic rings. The quantitative estimate of drug-likeness (QED) is 0.569. The van der Waals surface area contributed by atoms with Gasteiger partial charge in [0.1, 0.15) is 11.3 Å². The Bertz CT molecular complexity index is 1230. The highest BCUT2D eigenvalue weighted by Gasteiger charge is 2.49. The Morgan fingerprint density at radius 3 is 2.63 bits per heavy atom. The molecule has 1 saturated carbocycles. The Morgan fingerprint density at radius 1 is 1.14 bits per heavy atom. The molecule has 184 valence electrons. The molecule has 1 N–H and O–H groups in total. The number of aromatic nitrogens is 2. The van der Waals surface area contributed by atoms with E-state index in [1.165, 1.54) is 6.42 Å². The first kappa shape index (κ1) is 23.4. The summed E-state index contributed by atoms with van der Waals surface area (Å²) in [6.07, 6.45) is 4.43. The van der Waals surface area contributed by atoms with Crippen molar-refractivity contribution in [1.82, 2.24) is 19.8 Å². The third-order valence-electron chi connectivity index (χ3n) is 7.64. The van der Waals surface area contributed by atoms with E-state index in [0.29, 0.717) is 31.4 Å². The van der Waals surface area contributed by atoms with E-state index in [-0.39, 0.29) is 17.9 Å². The summed E-state index contributed by atoms with van der Waals surface area (Å²) in [5.74, 6) is 1.28. The number of carbonyl (C=O) groups is 2. The van der Waals surface area contributed by atoms with E-state index in [2.05, 4.69) is 17.2 Å². The van der Waals surface area contributed by atoms with Crippen LogP contribution in [0.1, 0.15) is 62.6 Å². The summed E-state index contributed by atoms with van der Waals surface area (Å²) in [6, 6.07) is 15.6. The molecule has 1 aromatic heterocycles. The molecule has 0 radical (unpaired) electrons. The van der Waals surface area contributed by atoms with E-state index >= 15 is 0 Å². The maximum Gasteiger partial charge on any atom is 0.291 e. The van der Waals surface area contributed by atoms with Crippen LogP contribution in [0, 0.1) is 5.92 Å². The number of fused-ring (bicyclic) bond motifs is 3. The number of hydrogen-bond acceptors (Lipinski definition) is 4. The van der Waals surface area contributed by atoms with Gasteiger partial charge in [-0.2, -0.15) is 0 Å². The molecule has 1 aliphatic carbocycles.